The predicted molar refractivity (Wildman–Crippen MR) is 69.7 cm³/mol. The third kappa shape index (κ3) is 5.03. The van der Waals surface area contributed by atoms with Crippen molar-refractivity contribution in [2.45, 2.75) is 18.7 Å². The number of rotatable bonds is 5. The Balaban J connectivity index is 2.31. The van der Waals surface area contributed by atoms with Crippen molar-refractivity contribution >= 4 is 17.7 Å². The van der Waals surface area contributed by atoms with E-state index in [1.807, 2.05) is 38.1 Å². The molecule has 1 aromatic rings. The highest BCUT2D eigenvalue weighted by atomic mass is 32.2. The summed E-state index contributed by atoms with van der Waals surface area (Å²) in [6, 6.07) is 8.17. The molecule has 0 saturated heterocycles. The lowest BCUT2D eigenvalue weighted by Crippen LogP contribution is -2.26. The van der Waals surface area contributed by atoms with Crippen LogP contribution >= 0.6 is 11.8 Å². The Hall–Kier alpha value is -1.22. The summed E-state index contributed by atoms with van der Waals surface area (Å²) < 4.78 is 0. The Bertz CT molecular complexity index is 370. The molecule has 86 valence electrons. The van der Waals surface area contributed by atoms with Crippen LogP contribution in [0.25, 0.3) is 0 Å². The minimum Gasteiger partial charge on any atom is -0.352 e. The highest BCUT2D eigenvalue weighted by Crippen LogP contribution is 2.17. The number of aryl methyl sites for hydroxylation is 1. The van der Waals surface area contributed by atoms with Crippen LogP contribution in [0.15, 0.2) is 41.3 Å². The van der Waals surface area contributed by atoms with Crippen molar-refractivity contribution < 1.29 is 4.79 Å². The van der Waals surface area contributed by atoms with Gasteiger partial charge in [-0.1, -0.05) is 29.8 Å². The van der Waals surface area contributed by atoms with Gasteiger partial charge in [0.25, 0.3) is 0 Å². The van der Waals surface area contributed by atoms with Gasteiger partial charge < -0.3 is 5.32 Å². The van der Waals surface area contributed by atoms with Crippen molar-refractivity contribution in [2.75, 3.05) is 12.3 Å². The molecule has 1 amide bonds. The molecule has 0 aromatic heterocycles. The fourth-order valence-electron chi connectivity index (χ4n) is 1.08. The van der Waals surface area contributed by atoms with Crippen LogP contribution in [0, 0.1) is 6.92 Å². The van der Waals surface area contributed by atoms with Crippen molar-refractivity contribution in [3.63, 3.8) is 0 Å². The van der Waals surface area contributed by atoms with Gasteiger partial charge in [-0.05, 0) is 26.0 Å². The molecule has 0 aliphatic carbocycles. The number of benzene rings is 1. The highest BCUT2D eigenvalue weighted by Gasteiger charge is 2.01. The van der Waals surface area contributed by atoms with Gasteiger partial charge in [-0.15, -0.1) is 11.8 Å². The third-order valence-electron chi connectivity index (χ3n) is 1.98. The SMILES string of the molecule is C=C(C)CNC(=O)CSc1ccc(C)cc1. The zero-order valence-electron chi connectivity index (χ0n) is 9.75. The summed E-state index contributed by atoms with van der Waals surface area (Å²) in [6.07, 6.45) is 0. The van der Waals surface area contributed by atoms with Crippen LogP contribution in [0.1, 0.15) is 12.5 Å². The molecule has 0 unspecified atom stereocenters. The van der Waals surface area contributed by atoms with E-state index in [2.05, 4.69) is 11.9 Å². The van der Waals surface area contributed by atoms with Gasteiger partial charge in [0, 0.05) is 11.4 Å². The second-order valence-corrected chi connectivity index (χ2v) is 4.88. The van der Waals surface area contributed by atoms with E-state index in [1.165, 1.54) is 5.56 Å². The Morgan fingerprint density at radius 2 is 2.00 bits per heavy atom. The minimum atomic E-state index is 0.0496. The van der Waals surface area contributed by atoms with Crippen molar-refractivity contribution in [2.24, 2.45) is 0 Å². The maximum absolute atomic E-state index is 11.4. The minimum absolute atomic E-state index is 0.0496. The zero-order valence-corrected chi connectivity index (χ0v) is 10.6. The van der Waals surface area contributed by atoms with Crippen LogP contribution in [0.2, 0.25) is 0 Å². The Morgan fingerprint density at radius 3 is 2.56 bits per heavy atom. The van der Waals surface area contributed by atoms with Crippen molar-refractivity contribution in [3.05, 3.63) is 42.0 Å². The number of nitrogens with one attached hydrogen (secondary N) is 1. The smallest absolute Gasteiger partial charge is 0.230 e. The van der Waals surface area contributed by atoms with E-state index >= 15 is 0 Å². The van der Waals surface area contributed by atoms with Gasteiger partial charge in [0.1, 0.15) is 0 Å². The molecular formula is C13H17NOS. The summed E-state index contributed by atoms with van der Waals surface area (Å²) in [7, 11) is 0. The quantitative estimate of drug-likeness (QED) is 0.628. The molecule has 0 aliphatic heterocycles. The Kier molecular flexibility index (Phi) is 5.12. The molecule has 0 fully saturated rings. The van der Waals surface area contributed by atoms with E-state index in [-0.39, 0.29) is 5.91 Å². The maximum atomic E-state index is 11.4. The van der Waals surface area contributed by atoms with Crippen molar-refractivity contribution in [3.8, 4) is 0 Å². The molecule has 16 heavy (non-hydrogen) atoms. The van der Waals surface area contributed by atoms with Crippen LogP contribution in [-0.4, -0.2) is 18.2 Å². The van der Waals surface area contributed by atoms with Crippen LogP contribution in [0.5, 0.6) is 0 Å². The number of carbonyl (C=O) groups is 1. The van der Waals surface area contributed by atoms with E-state index in [4.69, 9.17) is 0 Å². The first-order valence-corrected chi connectivity index (χ1v) is 6.17. The number of amides is 1. The molecule has 0 spiro atoms. The molecule has 0 saturated carbocycles. The van der Waals surface area contributed by atoms with E-state index in [0.717, 1.165) is 10.5 Å². The maximum Gasteiger partial charge on any atom is 0.230 e. The van der Waals surface area contributed by atoms with Gasteiger partial charge in [0.05, 0.1) is 5.75 Å². The largest absolute Gasteiger partial charge is 0.352 e. The standard InChI is InChI=1S/C13H17NOS/c1-10(2)8-14-13(15)9-16-12-6-4-11(3)5-7-12/h4-7H,1,8-9H2,2-3H3,(H,14,15). The molecule has 1 rings (SSSR count). The van der Waals surface area contributed by atoms with E-state index < -0.39 is 0 Å². The van der Waals surface area contributed by atoms with Crippen LogP contribution in [-0.2, 0) is 4.79 Å². The summed E-state index contributed by atoms with van der Waals surface area (Å²) in [6.45, 7) is 8.24. The molecule has 3 heteroatoms. The molecular weight excluding hydrogens is 218 g/mol. The summed E-state index contributed by atoms with van der Waals surface area (Å²) in [4.78, 5) is 12.5. The summed E-state index contributed by atoms with van der Waals surface area (Å²) in [5.41, 5.74) is 2.20. The molecule has 1 N–H and O–H groups in total. The lowest BCUT2D eigenvalue weighted by atomic mass is 10.2. The molecule has 0 aliphatic rings. The zero-order chi connectivity index (χ0) is 12.0. The van der Waals surface area contributed by atoms with Gasteiger partial charge >= 0.3 is 0 Å². The Morgan fingerprint density at radius 1 is 1.38 bits per heavy atom. The second-order valence-electron chi connectivity index (χ2n) is 3.84. The highest BCUT2D eigenvalue weighted by molar-refractivity contribution is 8.00. The first kappa shape index (κ1) is 12.8. The van der Waals surface area contributed by atoms with Gasteiger partial charge in [0.2, 0.25) is 5.91 Å². The third-order valence-corrected chi connectivity index (χ3v) is 2.99. The monoisotopic (exact) mass is 235 g/mol. The molecule has 0 atom stereocenters. The summed E-state index contributed by atoms with van der Waals surface area (Å²) in [5, 5.41) is 2.80. The second kappa shape index (κ2) is 6.38. The summed E-state index contributed by atoms with van der Waals surface area (Å²) >= 11 is 1.55. The molecule has 1 aromatic carbocycles. The van der Waals surface area contributed by atoms with Gasteiger partial charge in [-0.25, -0.2) is 0 Å². The van der Waals surface area contributed by atoms with Crippen LogP contribution in [0.4, 0.5) is 0 Å². The number of carbonyl (C=O) groups excluding carboxylic acids is 1. The Labute approximate surface area is 101 Å². The number of thioether (sulfide) groups is 1. The lowest BCUT2D eigenvalue weighted by Gasteiger charge is -2.04. The molecule has 0 bridgehead atoms. The number of hydrogen-bond donors (Lipinski definition) is 1. The van der Waals surface area contributed by atoms with Crippen molar-refractivity contribution in [1.82, 2.24) is 5.32 Å². The molecule has 0 heterocycles. The summed E-state index contributed by atoms with van der Waals surface area (Å²) in [5.74, 6) is 0.504. The molecule has 2 nitrogen and oxygen atoms in total. The average Bonchev–Trinajstić information content (AvgIpc) is 2.25. The fraction of sp³-hybridized carbons (Fsp3) is 0.308. The van der Waals surface area contributed by atoms with E-state index in [0.29, 0.717) is 12.3 Å². The van der Waals surface area contributed by atoms with Crippen molar-refractivity contribution in [1.29, 1.82) is 0 Å². The molecule has 0 radical (unpaired) electrons. The predicted octanol–water partition coefficient (Wildman–Crippen LogP) is 2.78. The topological polar surface area (TPSA) is 29.1 Å². The van der Waals surface area contributed by atoms with Gasteiger partial charge in [-0.2, -0.15) is 0 Å². The van der Waals surface area contributed by atoms with E-state index in [1.54, 1.807) is 11.8 Å². The van der Waals surface area contributed by atoms with Gasteiger partial charge in [-0.3, -0.25) is 4.79 Å². The average molecular weight is 235 g/mol. The van der Waals surface area contributed by atoms with Gasteiger partial charge in [0.15, 0.2) is 0 Å². The lowest BCUT2D eigenvalue weighted by molar-refractivity contribution is -0.118. The number of hydrogen-bond acceptors (Lipinski definition) is 2. The normalized spacial score (nSPS) is 9.88. The fourth-order valence-corrected chi connectivity index (χ4v) is 1.81. The first-order chi connectivity index (χ1) is 7.58. The first-order valence-electron chi connectivity index (χ1n) is 5.18. The van der Waals surface area contributed by atoms with E-state index in [9.17, 15) is 4.79 Å². The van der Waals surface area contributed by atoms with Crippen LogP contribution in [0.3, 0.4) is 0 Å². The van der Waals surface area contributed by atoms with Crippen LogP contribution < -0.4 is 5.32 Å².